The number of thiophene rings is 1. The highest BCUT2D eigenvalue weighted by molar-refractivity contribution is 7.17. The number of carbonyl (C=O) groups is 2. The quantitative estimate of drug-likeness (QED) is 0.770. The average molecular weight is 383 g/mol. The van der Waals surface area contributed by atoms with Crippen molar-refractivity contribution in [2.75, 3.05) is 13.1 Å². The highest BCUT2D eigenvalue weighted by atomic mass is 32.1. The van der Waals surface area contributed by atoms with Crippen LogP contribution in [0.25, 0.3) is 10.4 Å². The second-order valence-corrected chi connectivity index (χ2v) is 8.56. The standard InChI is InChI=1S/C22H26N2O2S/c25-21(16-7-2-1-3-8-16)23-12-13-24-22(26)19-14-17-11-10-15-6-4-5-9-18(15)20(17)27-19/h4-6,9,14,16H,1-3,7-8,10-13H2,(H,23,25)(H,24,26). The molecule has 0 atom stereocenters. The van der Waals surface area contributed by atoms with E-state index in [2.05, 4.69) is 34.9 Å². The molecule has 2 aliphatic rings. The Morgan fingerprint density at radius 1 is 0.963 bits per heavy atom. The third-order valence-corrected chi connectivity index (χ3v) is 6.85. The molecule has 0 saturated heterocycles. The molecule has 2 N–H and O–H groups in total. The Hall–Kier alpha value is -2.14. The zero-order chi connectivity index (χ0) is 18.6. The van der Waals surface area contributed by atoms with Crippen LogP contribution in [-0.4, -0.2) is 24.9 Å². The van der Waals surface area contributed by atoms with Crippen molar-refractivity contribution in [3.63, 3.8) is 0 Å². The van der Waals surface area contributed by atoms with E-state index in [1.165, 1.54) is 28.0 Å². The maximum Gasteiger partial charge on any atom is 0.261 e. The van der Waals surface area contributed by atoms with Crippen LogP contribution in [-0.2, 0) is 17.6 Å². The number of amides is 2. The molecule has 0 spiro atoms. The molecule has 1 fully saturated rings. The number of nitrogens with one attached hydrogen (secondary N) is 2. The summed E-state index contributed by atoms with van der Waals surface area (Å²) in [5, 5.41) is 5.92. The summed E-state index contributed by atoms with van der Waals surface area (Å²) in [5.74, 6) is 0.268. The molecular formula is C22H26N2O2S. The second-order valence-electron chi connectivity index (χ2n) is 7.50. The van der Waals surface area contributed by atoms with E-state index in [9.17, 15) is 9.59 Å². The Balaban J connectivity index is 1.30. The average Bonchev–Trinajstić information content (AvgIpc) is 3.16. The van der Waals surface area contributed by atoms with Crippen molar-refractivity contribution in [1.82, 2.24) is 10.6 Å². The third kappa shape index (κ3) is 4.08. The fourth-order valence-electron chi connectivity index (χ4n) is 4.14. The molecule has 0 bridgehead atoms. The van der Waals surface area contributed by atoms with E-state index in [1.54, 1.807) is 11.3 Å². The largest absolute Gasteiger partial charge is 0.354 e. The van der Waals surface area contributed by atoms with Gasteiger partial charge >= 0.3 is 0 Å². The van der Waals surface area contributed by atoms with E-state index in [0.29, 0.717) is 13.1 Å². The van der Waals surface area contributed by atoms with Crippen LogP contribution >= 0.6 is 11.3 Å². The summed E-state index contributed by atoms with van der Waals surface area (Å²) in [5.41, 5.74) is 3.90. The van der Waals surface area contributed by atoms with Crippen molar-refractivity contribution < 1.29 is 9.59 Å². The van der Waals surface area contributed by atoms with E-state index in [1.807, 2.05) is 6.07 Å². The molecule has 1 aromatic heterocycles. The van der Waals surface area contributed by atoms with Gasteiger partial charge in [0.1, 0.15) is 0 Å². The number of rotatable bonds is 5. The fourth-order valence-corrected chi connectivity index (χ4v) is 5.33. The first-order valence-electron chi connectivity index (χ1n) is 9.99. The van der Waals surface area contributed by atoms with Gasteiger partial charge in [-0.15, -0.1) is 11.3 Å². The van der Waals surface area contributed by atoms with Gasteiger partial charge < -0.3 is 10.6 Å². The number of carbonyl (C=O) groups excluding carboxylic acids is 2. The van der Waals surface area contributed by atoms with E-state index >= 15 is 0 Å². The minimum atomic E-state index is -0.0428. The molecule has 0 unspecified atom stereocenters. The summed E-state index contributed by atoms with van der Waals surface area (Å²) in [6.45, 7) is 0.964. The first-order valence-corrected chi connectivity index (χ1v) is 10.8. The van der Waals surface area contributed by atoms with Gasteiger partial charge in [0.15, 0.2) is 0 Å². The Morgan fingerprint density at radius 2 is 1.70 bits per heavy atom. The molecule has 5 heteroatoms. The van der Waals surface area contributed by atoms with Crippen LogP contribution in [0.2, 0.25) is 0 Å². The summed E-state index contributed by atoms with van der Waals surface area (Å²) in [4.78, 5) is 26.6. The Morgan fingerprint density at radius 3 is 2.56 bits per heavy atom. The number of hydrogen-bond acceptors (Lipinski definition) is 3. The lowest BCUT2D eigenvalue weighted by Gasteiger charge is -2.20. The molecule has 0 aliphatic heterocycles. The van der Waals surface area contributed by atoms with E-state index < -0.39 is 0 Å². The lowest BCUT2D eigenvalue weighted by atomic mass is 9.89. The molecule has 1 saturated carbocycles. The minimum absolute atomic E-state index is 0.0428. The smallest absolute Gasteiger partial charge is 0.261 e. The molecule has 0 radical (unpaired) electrons. The van der Waals surface area contributed by atoms with E-state index in [4.69, 9.17) is 0 Å². The maximum atomic E-state index is 12.5. The Bertz CT molecular complexity index is 837. The van der Waals surface area contributed by atoms with E-state index in [-0.39, 0.29) is 17.7 Å². The highest BCUT2D eigenvalue weighted by Crippen LogP contribution is 2.39. The van der Waals surface area contributed by atoms with Crippen molar-refractivity contribution in [3.8, 4) is 10.4 Å². The van der Waals surface area contributed by atoms with Gasteiger partial charge in [-0.25, -0.2) is 0 Å². The van der Waals surface area contributed by atoms with Crippen LogP contribution < -0.4 is 10.6 Å². The second kappa shape index (κ2) is 8.26. The van der Waals surface area contributed by atoms with E-state index in [0.717, 1.165) is 43.4 Å². The van der Waals surface area contributed by atoms with Crippen LogP contribution in [0.4, 0.5) is 0 Å². The predicted molar refractivity (Wildman–Crippen MR) is 109 cm³/mol. The van der Waals surface area contributed by atoms with Gasteiger partial charge in [0, 0.05) is 23.9 Å². The molecule has 2 amide bonds. The zero-order valence-corrected chi connectivity index (χ0v) is 16.4. The van der Waals surface area contributed by atoms with Crippen molar-refractivity contribution in [2.45, 2.75) is 44.9 Å². The van der Waals surface area contributed by atoms with Crippen molar-refractivity contribution in [1.29, 1.82) is 0 Å². The zero-order valence-electron chi connectivity index (χ0n) is 15.6. The third-order valence-electron chi connectivity index (χ3n) is 5.64. The van der Waals surface area contributed by atoms with Crippen LogP contribution in [0.1, 0.15) is 52.9 Å². The number of hydrogen-bond donors (Lipinski definition) is 2. The van der Waals surface area contributed by atoms with Crippen molar-refractivity contribution in [3.05, 3.63) is 46.3 Å². The molecule has 1 heterocycles. The van der Waals surface area contributed by atoms with Crippen LogP contribution in [0.3, 0.4) is 0 Å². The molecule has 4 rings (SSSR count). The SMILES string of the molecule is O=C(NCCNC(=O)C1CCCCC1)c1cc2c(s1)-c1ccccc1CC2. The molecule has 27 heavy (non-hydrogen) atoms. The maximum absolute atomic E-state index is 12.5. The van der Waals surface area contributed by atoms with Crippen molar-refractivity contribution >= 4 is 23.2 Å². The first-order chi connectivity index (χ1) is 13.2. The summed E-state index contributed by atoms with van der Waals surface area (Å²) in [6.07, 6.45) is 7.58. The van der Waals surface area contributed by atoms with Gasteiger partial charge in [0.05, 0.1) is 4.88 Å². The van der Waals surface area contributed by atoms with Gasteiger partial charge in [-0.3, -0.25) is 9.59 Å². The van der Waals surface area contributed by atoms with Crippen LogP contribution in [0, 0.1) is 5.92 Å². The topological polar surface area (TPSA) is 58.2 Å². The summed E-state index contributed by atoms with van der Waals surface area (Å²) >= 11 is 1.57. The number of fused-ring (bicyclic) bond motifs is 3. The summed E-state index contributed by atoms with van der Waals surface area (Å²) in [7, 11) is 0. The molecule has 4 nitrogen and oxygen atoms in total. The van der Waals surface area contributed by atoms with Gasteiger partial charge in [0.2, 0.25) is 5.91 Å². The highest BCUT2D eigenvalue weighted by Gasteiger charge is 2.22. The lowest BCUT2D eigenvalue weighted by Crippen LogP contribution is -2.38. The van der Waals surface area contributed by atoms with Gasteiger partial charge in [-0.2, -0.15) is 0 Å². The summed E-state index contributed by atoms with van der Waals surface area (Å²) in [6, 6.07) is 10.5. The van der Waals surface area contributed by atoms with Crippen LogP contribution in [0.5, 0.6) is 0 Å². The normalized spacial score (nSPS) is 16.3. The fraction of sp³-hybridized carbons (Fsp3) is 0.455. The van der Waals surface area contributed by atoms with Crippen molar-refractivity contribution in [2.24, 2.45) is 5.92 Å². The predicted octanol–water partition coefficient (Wildman–Crippen LogP) is 3.94. The van der Waals surface area contributed by atoms with Crippen LogP contribution in [0.15, 0.2) is 30.3 Å². The molecular weight excluding hydrogens is 356 g/mol. The van der Waals surface area contributed by atoms with Gasteiger partial charge in [-0.05, 0) is 48.4 Å². The monoisotopic (exact) mass is 382 g/mol. The molecule has 1 aromatic carbocycles. The van der Waals surface area contributed by atoms with Gasteiger partial charge in [-0.1, -0.05) is 43.5 Å². The first kappa shape index (κ1) is 18.2. The minimum Gasteiger partial charge on any atom is -0.354 e. The lowest BCUT2D eigenvalue weighted by molar-refractivity contribution is -0.125. The molecule has 2 aromatic rings. The van der Waals surface area contributed by atoms with Gasteiger partial charge in [0.25, 0.3) is 5.91 Å². The number of aryl methyl sites for hydroxylation is 2. The molecule has 142 valence electrons. The summed E-state index contributed by atoms with van der Waals surface area (Å²) < 4.78 is 0. The Kier molecular flexibility index (Phi) is 5.58. The Labute approximate surface area is 164 Å². The number of benzene rings is 1. The molecule has 2 aliphatic carbocycles.